The van der Waals surface area contributed by atoms with Gasteiger partial charge < -0.3 is 24.2 Å². The lowest BCUT2D eigenvalue weighted by atomic mass is 9.98. The second kappa shape index (κ2) is 12.0. The summed E-state index contributed by atoms with van der Waals surface area (Å²) in [5.41, 5.74) is 4.05. The van der Waals surface area contributed by atoms with Gasteiger partial charge in [0.2, 0.25) is 0 Å². The number of ether oxygens (including phenoxy) is 3. The van der Waals surface area contributed by atoms with E-state index < -0.39 is 5.97 Å². The molecule has 3 aromatic rings. The van der Waals surface area contributed by atoms with Crippen LogP contribution in [0.2, 0.25) is 0 Å². The smallest absolute Gasteiger partial charge is 0.341 e. The molecule has 0 radical (unpaired) electrons. The molecule has 0 amide bonds. The molecular weight excluding hydrogens is 488 g/mol. The largest absolute Gasteiger partial charge is 0.497 e. The van der Waals surface area contributed by atoms with Crippen molar-refractivity contribution in [1.29, 1.82) is 0 Å². The second-order valence-corrected chi connectivity index (χ2v) is 10.1. The molecule has 1 atom stereocenters. The molecular formula is C29H32N2O5S. The van der Waals surface area contributed by atoms with E-state index in [1.54, 1.807) is 30.6 Å². The fourth-order valence-electron chi connectivity index (χ4n) is 4.14. The molecule has 7 nitrogen and oxygen atoms in total. The van der Waals surface area contributed by atoms with Crippen molar-refractivity contribution in [2.45, 2.75) is 32.3 Å². The van der Waals surface area contributed by atoms with E-state index in [1.165, 1.54) is 10.6 Å². The van der Waals surface area contributed by atoms with E-state index >= 15 is 0 Å². The molecule has 0 saturated heterocycles. The minimum absolute atomic E-state index is 0.255. The van der Waals surface area contributed by atoms with Crippen LogP contribution in [0.15, 0.2) is 66.4 Å². The third kappa shape index (κ3) is 6.71. The highest BCUT2D eigenvalue weighted by atomic mass is 32.1. The fraction of sp³-hybridized carbons (Fsp3) is 0.310. The number of rotatable bonds is 10. The van der Waals surface area contributed by atoms with Crippen LogP contribution >= 0.6 is 11.3 Å². The van der Waals surface area contributed by atoms with Gasteiger partial charge in [-0.25, -0.2) is 9.78 Å². The van der Waals surface area contributed by atoms with Gasteiger partial charge in [-0.05, 0) is 73.9 Å². The zero-order valence-corrected chi connectivity index (χ0v) is 22.4. The Morgan fingerprint density at radius 2 is 1.89 bits per heavy atom. The van der Waals surface area contributed by atoms with E-state index in [-0.39, 0.29) is 12.5 Å². The Bertz CT molecular complexity index is 1290. The van der Waals surface area contributed by atoms with Gasteiger partial charge in [0.05, 0.1) is 12.8 Å². The summed E-state index contributed by atoms with van der Waals surface area (Å²) in [6.07, 6.45) is 8.76. The van der Waals surface area contributed by atoms with E-state index in [9.17, 15) is 4.79 Å². The number of thiazole rings is 1. The first kappa shape index (κ1) is 26.3. The van der Waals surface area contributed by atoms with E-state index in [1.807, 2.05) is 37.3 Å². The monoisotopic (exact) mass is 520 g/mol. The minimum Gasteiger partial charge on any atom is -0.497 e. The Morgan fingerprint density at radius 3 is 2.57 bits per heavy atom. The number of hydrogen-bond donors (Lipinski definition) is 1. The predicted molar refractivity (Wildman–Crippen MR) is 146 cm³/mol. The molecule has 37 heavy (non-hydrogen) atoms. The summed E-state index contributed by atoms with van der Waals surface area (Å²) in [6, 6.07) is 13.4. The quantitative estimate of drug-likeness (QED) is 0.349. The van der Waals surface area contributed by atoms with Gasteiger partial charge in [0.1, 0.15) is 28.9 Å². The molecule has 1 heterocycles. The summed E-state index contributed by atoms with van der Waals surface area (Å²) >= 11 is 1.68. The maximum atomic E-state index is 10.8. The van der Waals surface area contributed by atoms with Gasteiger partial charge in [-0.3, -0.25) is 0 Å². The number of aryl methyl sites for hydroxylation is 1. The van der Waals surface area contributed by atoms with Crippen molar-refractivity contribution in [2.24, 2.45) is 0 Å². The molecule has 0 fully saturated rings. The highest BCUT2D eigenvalue weighted by molar-refractivity contribution is 7.12. The lowest BCUT2D eigenvalue weighted by Gasteiger charge is -2.12. The average molecular weight is 521 g/mol. The van der Waals surface area contributed by atoms with Crippen molar-refractivity contribution in [2.75, 3.05) is 27.8 Å². The van der Waals surface area contributed by atoms with Crippen molar-refractivity contribution < 1.29 is 24.1 Å². The summed E-state index contributed by atoms with van der Waals surface area (Å²) in [7, 11) is 5.79. The molecule has 0 spiro atoms. The van der Waals surface area contributed by atoms with Crippen LogP contribution in [-0.4, -0.2) is 48.8 Å². The first-order valence-electron chi connectivity index (χ1n) is 12.1. The summed E-state index contributed by atoms with van der Waals surface area (Å²) in [5.74, 6) is 1.26. The Hall–Kier alpha value is -3.78. The van der Waals surface area contributed by atoms with Gasteiger partial charge >= 0.3 is 5.97 Å². The van der Waals surface area contributed by atoms with Gasteiger partial charge in [-0.2, -0.15) is 0 Å². The van der Waals surface area contributed by atoms with Crippen molar-refractivity contribution in [1.82, 2.24) is 9.88 Å². The van der Waals surface area contributed by atoms with Crippen molar-refractivity contribution >= 4 is 17.3 Å². The molecule has 0 saturated carbocycles. The highest BCUT2D eigenvalue weighted by Gasteiger charge is 2.21. The highest BCUT2D eigenvalue weighted by Crippen LogP contribution is 2.39. The zero-order chi connectivity index (χ0) is 26.4. The van der Waals surface area contributed by atoms with Crippen LogP contribution in [0.5, 0.6) is 17.2 Å². The number of methoxy groups -OCH3 is 1. The molecule has 1 unspecified atom stereocenters. The normalized spacial score (nSPS) is 15.0. The molecule has 194 valence electrons. The van der Waals surface area contributed by atoms with Crippen molar-refractivity contribution in [3.8, 4) is 28.5 Å². The van der Waals surface area contributed by atoms with Crippen LogP contribution in [0.3, 0.4) is 0 Å². The number of hydrogen-bond acceptors (Lipinski definition) is 7. The fourth-order valence-corrected chi connectivity index (χ4v) is 5.26. The van der Waals surface area contributed by atoms with Gasteiger partial charge in [-0.1, -0.05) is 12.2 Å². The standard InChI is InChI=1S/C29H32N2O5S/c1-19-16-24(14-15-25(19)36-18-27(32)33)35-17-26-30-28(20-9-12-23(34-4)13-10-20)29(37-26)21-6-5-7-22(11-8-21)31(2)3/h7-16,21H,5-6,17-18H2,1-4H3,(H,32,33). The lowest BCUT2D eigenvalue weighted by molar-refractivity contribution is -0.139. The molecule has 1 aliphatic rings. The number of likely N-dealkylation sites (N-methyl/N-ethyl adjacent to an activating group) is 1. The Morgan fingerprint density at radius 1 is 1.14 bits per heavy atom. The third-order valence-electron chi connectivity index (χ3n) is 6.10. The Balaban J connectivity index is 1.57. The van der Waals surface area contributed by atoms with Gasteiger partial charge in [0.25, 0.3) is 0 Å². The van der Waals surface area contributed by atoms with E-state index in [2.05, 4.69) is 37.2 Å². The van der Waals surface area contributed by atoms with Crippen molar-refractivity contribution in [3.63, 3.8) is 0 Å². The molecule has 8 heteroatoms. The summed E-state index contributed by atoms with van der Waals surface area (Å²) in [4.78, 5) is 19.1. The molecule has 1 aromatic heterocycles. The molecule has 0 aliphatic heterocycles. The average Bonchev–Trinajstić information content (AvgIpc) is 3.15. The van der Waals surface area contributed by atoms with E-state index in [0.29, 0.717) is 18.1 Å². The maximum Gasteiger partial charge on any atom is 0.341 e. The first-order valence-corrected chi connectivity index (χ1v) is 12.9. The minimum atomic E-state index is -1.01. The first-order chi connectivity index (χ1) is 17.8. The van der Waals surface area contributed by atoms with Crippen LogP contribution in [0, 0.1) is 6.92 Å². The number of aromatic nitrogens is 1. The van der Waals surface area contributed by atoms with Gasteiger partial charge in [0, 0.05) is 36.2 Å². The Kier molecular flexibility index (Phi) is 8.50. The lowest BCUT2D eigenvalue weighted by Crippen LogP contribution is -2.10. The number of carbonyl (C=O) groups is 1. The van der Waals surface area contributed by atoms with Crippen LogP contribution in [0.1, 0.15) is 34.2 Å². The van der Waals surface area contributed by atoms with Crippen LogP contribution in [0.4, 0.5) is 0 Å². The molecule has 4 rings (SSSR count). The molecule has 0 bridgehead atoms. The maximum absolute atomic E-state index is 10.8. The van der Waals surface area contributed by atoms with Gasteiger partial charge in [-0.15, -0.1) is 11.3 Å². The number of aliphatic carboxylic acids is 1. The third-order valence-corrected chi connectivity index (χ3v) is 7.27. The Labute approximate surface area is 221 Å². The second-order valence-electron chi connectivity index (χ2n) is 9.01. The number of nitrogens with zero attached hydrogens (tertiary/aromatic N) is 2. The van der Waals surface area contributed by atoms with E-state index in [4.69, 9.17) is 24.3 Å². The molecule has 1 aliphatic carbocycles. The number of carboxylic acids is 1. The molecule has 1 N–H and O–H groups in total. The zero-order valence-electron chi connectivity index (χ0n) is 21.6. The number of allylic oxidation sites excluding steroid dienone is 3. The van der Waals surface area contributed by atoms with Crippen LogP contribution in [-0.2, 0) is 11.4 Å². The summed E-state index contributed by atoms with van der Waals surface area (Å²) in [6.45, 7) is 1.82. The van der Waals surface area contributed by atoms with Crippen molar-refractivity contribution in [3.05, 3.63) is 81.8 Å². The topological polar surface area (TPSA) is 81.1 Å². The predicted octanol–water partition coefficient (Wildman–Crippen LogP) is 6.05. The molecule has 2 aromatic carbocycles. The van der Waals surface area contributed by atoms with E-state index in [0.717, 1.165) is 40.4 Å². The summed E-state index contributed by atoms with van der Waals surface area (Å²) in [5, 5.41) is 9.73. The number of carboxylic acid groups (broad SMARTS) is 1. The van der Waals surface area contributed by atoms with Gasteiger partial charge in [0.15, 0.2) is 6.61 Å². The SMILES string of the molecule is COc1ccc(-c2nc(COc3ccc(OCC(=O)O)c(C)c3)sc2C2C=CC(N(C)C)=CCC2)cc1. The number of benzene rings is 2. The summed E-state index contributed by atoms with van der Waals surface area (Å²) < 4.78 is 16.7. The van der Waals surface area contributed by atoms with Crippen LogP contribution < -0.4 is 14.2 Å². The van der Waals surface area contributed by atoms with Crippen LogP contribution in [0.25, 0.3) is 11.3 Å².